The third kappa shape index (κ3) is 4.50. The molecule has 1 saturated heterocycles. The smallest absolute Gasteiger partial charge is 0.263 e. The van der Waals surface area contributed by atoms with Gasteiger partial charge in [-0.15, -0.1) is 0 Å². The second-order valence-corrected chi connectivity index (χ2v) is 7.06. The van der Waals surface area contributed by atoms with Gasteiger partial charge < -0.3 is 14.5 Å². The van der Waals surface area contributed by atoms with Crippen LogP contribution in [0.1, 0.15) is 18.9 Å². The molecule has 2 aromatic rings. The second kappa shape index (κ2) is 8.45. The molecular formula is C21H25ClN2O2. The van der Waals surface area contributed by atoms with Crippen LogP contribution in [0, 0.1) is 6.92 Å². The van der Waals surface area contributed by atoms with Crippen LogP contribution >= 0.6 is 11.6 Å². The number of amides is 1. The highest BCUT2D eigenvalue weighted by Crippen LogP contribution is 2.22. The Labute approximate surface area is 160 Å². The highest BCUT2D eigenvalue weighted by atomic mass is 35.5. The minimum atomic E-state index is -0.435. The van der Waals surface area contributed by atoms with E-state index >= 15 is 0 Å². The summed E-state index contributed by atoms with van der Waals surface area (Å²) in [7, 11) is 0. The summed E-state index contributed by atoms with van der Waals surface area (Å²) in [6.45, 7) is 7.00. The van der Waals surface area contributed by atoms with Crippen molar-refractivity contribution in [3.63, 3.8) is 0 Å². The van der Waals surface area contributed by atoms with Crippen molar-refractivity contribution in [2.75, 3.05) is 31.1 Å². The summed E-state index contributed by atoms with van der Waals surface area (Å²) in [5.41, 5.74) is 2.28. The van der Waals surface area contributed by atoms with E-state index in [1.54, 1.807) is 0 Å². The van der Waals surface area contributed by atoms with E-state index in [9.17, 15) is 4.79 Å². The molecule has 0 saturated carbocycles. The first kappa shape index (κ1) is 18.6. The number of aryl methyl sites for hydroxylation is 1. The third-order valence-corrected chi connectivity index (χ3v) is 4.95. The molecule has 5 heteroatoms. The van der Waals surface area contributed by atoms with Gasteiger partial charge in [0.1, 0.15) is 5.75 Å². The number of carbonyl (C=O) groups is 1. The summed E-state index contributed by atoms with van der Waals surface area (Å²) in [4.78, 5) is 17.0. The van der Waals surface area contributed by atoms with E-state index < -0.39 is 6.10 Å². The number of piperazine rings is 1. The normalized spacial score (nSPS) is 15.7. The van der Waals surface area contributed by atoms with Gasteiger partial charge in [-0.25, -0.2) is 0 Å². The van der Waals surface area contributed by atoms with Gasteiger partial charge >= 0.3 is 0 Å². The van der Waals surface area contributed by atoms with Crippen LogP contribution in [0.4, 0.5) is 5.69 Å². The number of hydrogen-bond donors (Lipinski definition) is 0. The van der Waals surface area contributed by atoms with Gasteiger partial charge in [0.2, 0.25) is 0 Å². The van der Waals surface area contributed by atoms with Gasteiger partial charge in [-0.1, -0.05) is 42.3 Å². The Balaban J connectivity index is 1.58. The maximum Gasteiger partial charge on any atom is 0.263 e. The van der Waals surface area contributed by atoms with Crippen molar-refractivity contribution < 1.29 is 9.53 Å². The van der Waals surface area contributed by atoms with Gasteiger partial charge in [0.25, 0.3) is 5.91 Å². The van der Waals surface area contributed by atoms with Crippen LogP contribution in [0.3, 0.4) is 0 Å². The molecule has 2 aromatic carbocycles. The summed E-state index contributed by atoms with van der Waals surface area (Å²) >= 11 is 6.08. The molecule has 26 heavy (non-hydrogen) atoms. The first-order valence-corrected chi connectivity index (χ1v) is 9.47. The molecule has 1 fully saturated rings. The van der Waals surface area contributed by atoms with Crippen molar-refractivity contribution in [1.82, 2.24) is 4.90 Å². The van der Waals surface area contributed by atoms with Gasteiger partial charge in [-0.3, -0.25) is 4.79 Å². The standard InChI is InChI=1S/C21H25ClN2O2/c1-3-20(26-19-9-7-16(2)8-10-19)21(25)24-13-11-23(12-14-24)18-6-4-5-17(22)15-18/h4-10,15,20H,3,11-14H2,1-2H3/t20-/m1/s1. The zero-order valence-corrected chi connectivity index (χ0v) is 16.1. The van der Waals surface area contributed by atoms with E-state index in [0.29, 0.717) is 19.5 Å². The fourth-order valence-electron chi connectivity index (χ4n) is 3.15. The quantitative estimate of drug-likeness (QED) is 0.790. The molecule has 1 heterocycles. The summed E-state index contributed by atoms with van der Waals surface area (Å²) < 4.78 is 5.94. The summed E-state index contributed by atoms with van der Waals surface area (Å²) in [5, 5.41) is 0.735. The number of hydrogen-bond acceptors (Lipinski definition) is 3. The van der Waals surface area contributed by atoms with Gasteiger partial charge in [-0.2, -0.15) is 0 Å². The van der Waals surface area contributed by atoms with E-state index in [1.807, 2.05) is 61.2 Å². The largest absolute Gasteiger partial charge is 0.481 e. The number of ether oxygens (including phenoxy) is 1. The second-order valence-electron chi connectivity index (χ2n) is 6.62. The Morgan fingerprint density at radius 1 is 1.12 bits per heavy atom. The van der Waals surface area contributed by atoms with Crippen molar-refractivity contribution >= 4 is 23.2 Å². The Hall–Kier alpha value is -2.20. The molecule has 0 aliphatic carbocycles. The highest BCUT2D eigenvalue weighted by molar-refractivity contribution is 6.30. The van der Waals surface area contributed by atoms with E-state index in [1.165, 1.54) is 5.56 Å². The highest BCUT2D eigenvalue weighted by Gasteiger charge is 2.28. The Kier molecular flexibility index (Phi) is 6.04. The van der Waals surface area contributed by atoms with Crippen molar-refractivity contribution in [1.29, 1.82) is 0 Å². The maximum atomic E-state index is 12.9. The molecule has 0 spiro atoms. The summed E-state index contributed by atoms with van der Waals surface area (Å²) in [6, 6.07) is 15.7. The number of anilines is 1. The first-order valence-electron chi connectivity index (χ1n) is 9.09. The van der Waals surface area contributed by atoms with Crippen LogP contribution in [0.25, 0.3) is 0 Å². The average Bonchev–Trinajstić information content (AvgIpc) is 2.67. The number of carbonyl (C=O) groups excluding carboxylic acids is 1. The van der Waals surface area contributed by atoms with Gasteiger partial charge in [0, 0.05) is 36.9 Å². The van der Waals surface area contributed by atoms with Crippen molar-refractivity contribution in [2.24, 2.45) is 0 Å². The third-order valence-electron chi connectivity index (χ3n) is 4.71. The molecule has 0 aromatic heterocycles. The summed E-state index contributed by atoms with van der Waals surface area (Å²) in [5.74, 6) is 0.812. The zero-order valence-electron chi connectivity index (χ0n) is 15.3. The van der Waals surface area contributed by atoms with Crippen molar-refractivity contribution in [2.45, 2.75) is 26.4 Å². The molecule has 1 atom stereocenters. The first-order chi connectivity index (χ1) is 12.6. The predicted molar refractivity (Wildman–Crippen MR) is 106 cm³/mol. The van der Waals surface area contributed by atoms with Gasteiger partial charge in [0.15, 0.2) is 6.10 Å². The molecule has 0 bridgehead atoms. The Morgan fingerprint density at radius 3 is 2.42 bits per heavy atom. The van der Waals surface area contributed by atoms with E-state index in [4.69, 9.17) is 16.3 Å². The average molecular weight is 373 g/mol. The van der Waals surface area contributed by atoms with E-state index in [2.05, 4.69) is 11.0 Å². The molecule has 138 valence electrons. The van der Waals surface area contributed by atoms with Crippen molar-refractivity contribution in [3.05, 3.63) is 59.1 Å². The lowest BCUT2D eigenvalue weighted by Gasteiger charge is -2.37. The molecular weight excluding hydrogens is 348 g/mol. The predicted octanol–water partition coefficient (Wildman–Crippen LogP) is 4.15. The fourth-order valence-corrected chi connectivity index (χ4v) is 3.34. The topological polar surface area (TPSA) is 32.8 Å². The fraction of sp³-hybridized carbons (Fsp3) is 0.381. The van der Waals surface area contributed by atoms with E-state index in [-0.39, 0.29) is 5.91 Å². The van der Waals surface area contributed by atoms with Crippen LogP contribution in [0.5, 0.6) is 5.75 Å². The van der Waals surface area contributed by atoms with Crippen LogP contribution in [-0.4, -0.2) is 43.1 Å². The molecule has 3 rings (SSSR count). The lowest BCUT2D eigenvalue weighted by molar-refractivity contribution is -0.139. The number of halogens is 1. The van der Waals surface area contributed by atoms with E-state index in [0.717, 1.165) is 29.5 Å². The summed E-state index contributed by atoms with van der Waals surface area (Å²) in [6.07, 6.45) is 0.219. The molecule has 1 aliphatic heterocycles. The number of nitrogens with zero attached hydrogens (tertiary/aromatic N) is 2. The monoisotopic (exact) mass is 372 g/mol. The molecule has 4 nitrogen and oxygen atoms in total. The van der Waals surface area contributed by atoms with Crippen molar-refractivity contribution in [3.8, 4) is 5.75 Å². The van der Waals surface area contributed by atoms with Crippen LogP contribution in [0.15, 0.2) is 48.5 Å². The molecule has 0 unspecified atom stereocenters. The SMILES string of the molecule is CC[C@@H](Oc1ccc(C)cc1)C(=O)N1CCN(c2cccc(Cl)c2)CC1. The maximum absolute atomic E-state index is 12.9. The molecule has 0 N–H and O–H groups in total. The number of benzene rings is 2. The van der Waals surface area contributed by atoms with Gasteiger partial charge in [-0.05, 0) is 43.7 Å². The van der Waals surface area contributed by atoms with Crippen LogP contribution in [-0.2, 0) is 4.79 Å². The van der Waals surface area contributed by atoms with Crippen LogP contribution < -0.4 is 9.64 Å². The lowest BCUT2D eigenvalue weighted by atomic mass is 10.2. The lowest BCUT2D eigenvalue weighted by Crippen LogP contribution is -2.52. The minimum absolute atomic E-state index is 0.0684. The minimum Gasteiger partial charge on any atom is -0.481 e. The molecule has 0 radical (unpaired) electrons. The number of rotatable bonds is 5. The molecule has 1 amide bonds. The van der Waals surface area contributed by atoms with Gasteiger partial charge in [0.05, 0.1) is 0 Å². The zero-order chi connectivity index (χ0) is 18.5. The Morgan fingerprint density at radius 2 is 1.81 bits per heavy atom. The Bertz CT molecular complexity index is 740. The van der Waals surface area contributed by atoms with Crippen LogP contribution in [0.2, 0.25) is 5.02 Å². The molecule has 1 aliphatic rings.